The van der Waals surface area contributed by atoms with Crippen LogP contribution in [0.15, 0.2) is 35.7 Å². The maximum absolute atomic E-state index is 12.0. The molecule has 0 saturated carbocycles. The molecule has 104 valence electrons. The molecule has 0 heterocycles. The number of carboxylic acids is 1. The maximum Gasteiger partial charge on any atom is 0.339 e. The summed E-state index contributed by atoms with van der Waals surface area (Å²) in [5, 5.41) is 18.2. The standard InChI is InChI=1S/C12H15NO5S/c1-3-4-8(2)13-19(17,18)9-5-6-11(14)10(7-9)12(15)16/h3,5-8,13-14H,1,4H2,2H3,(H,15,16). The molecule has 0 amide bonds. The van der Waals surface area contributed by atoms with Gasteiger partial charge in [-0.25, -0.2) is 17.9 Å². The number of phenols is 1. The molecule has 3 N–H and O–H groups in total. The lowest BCUT2D eigenvalue weighted by Crippen LogP contribution is -2.32. The van der Waals surface area contributed by atoms with E-state index in [0.717, 1.165) is 18.2 Å². The summed E-state index contributed by atoms with van der Waals surface area (Å²) in [7, 11) is -3.83. The highest BCUT2D eigenvalue weighted by molar-refractivity contribution is 7.89. The Morgan fingerprint density at radius 3 is 2.68 bits per heavy atom. The van der Waals surface area contributed by atoms with Gasteiger partial charge >= 0.3 is 5.97 Å². The lowest BCUT2D eigenvalue weighted by molar-refractivity contribution is 0.0693. The summed E-state index contributed by atoms with van der Waals surface area (Å²) in [4.78, 5) is 10.6. The number of aromatic hydroxyl groups is 1. The number of carbonyl (C=O) groups is 1. The Morgan fingerprint density at radius 2 is 2.16 bits per heavy atom. The van der Waals surface area contributed by atoms with Crippen LogP contribution in [0.2, 0.25) is 0 Å². The molecule has 1 unspecified atom stereocenters. The smallest absolute Gasteiger partial charge is 0.339 e. The van der Waals surface area contributed by atoms with Gasteiger partial charge in [0.2, 0.25) is 10.0 Å². The average Bonchev–Trinajstić information content (AvgIpc) is 2.28. The highest BCUT2D eigenvalue weighted by Gasteiger charge is 2.20. The number of hydrogen-bond acceptors (Lipinski definition) is 4. The molecular weight excluding hydrogens is 270 g/mol. The van der Waals surface area contributed by atoms with Crippen LogP contribution in [-0.4, -0.2) is 30.6 Å². The normalized spacial score (nSPS) is 12.9. The van der Waals surface area contributed by atoms with E-state index in [9.17, 15) is 18.3 Å². The second-order valence-corrected chi connectivity index (χ2v) is 5.74. The maximum atomic E-state index is 12.0. The summed E-state index contributed by atoms with van der Waals surface area (Å²) in [6, 6.07) is 2.74. The third kappa shape index (κ3) is 3.80. The summed E-state index contributed by atoms with van der Waals surface area (Å²) < 4.78 is 26.4. The highest BCUT2D eigenvalue weighted by atomic mass is 32.2. The first-order valence-electron chi connectivity index (χ1n) is 5.47. The van der Waals surface area contributed by atoms with Crippen molar-refractivity contribution in [3.63, 3.8) is 0 Å². The van der Waals surface area contributed by atoms with Crippen molar-refractivity contribution in [2.45, 2.75) is 24.3 Å². The van der Waals surface area contributed by atoms with Crippen molar-refractivity contribution in [1.82, 2.24) is 4.72 Å². The molecule has 1 atom stereocenters. The minimum Gasteiger partial charge on any atom is -0.507 e. The Labute approximate surface area is 111 Å². The number of benzene rings is 1. The van der Waals surface area contributed by atoms with E-state index in [1.807, 2.05) is 0 Å². The molecule has 0 aliphatic rings. The lowest BCUT2D eigenvalue weighted by Gasteiger charge is -2.13. The summed E-state index contributed by atoms with van der Waals surface area (Å²) >= 11 is 0. The molecule has 6 nitrogen and oxygen atoms in total. The van der Waals surface area contributed by atoms with Crippen molar-refractivity contribution >= 4 is 16.0 Å². The average molecular weight is 285 g/mol. The van der Waals surface area contributed by atoms with Gasteiger partial charge in [-0.15, -0.1) is 6.58 Å². The Balaban J connectivity index is 3.12. The Morgan fingerprint density at radius 1 is 1.53 bits per heavy atom. The lowest BCUT2D eigenvalue weighted by atomic mass is 10.2. The van der Waals surface area contributed by atoms with E-state index in [1.165, 1.54) is 0 Å². The van der Waals surface area contributed by atoms with Gasteiger partial charge in [0.15, 0.2) is 0 Å². The van der Waals surface area contributed by atoms with Crippen LogP contribution in [0.4, 0.5) is 0 Å². The van der Waals surface area contributed by atoms with Gasteiger partial charge in [-0.3, -0.25) is 0 Å². The quantitative estimate of drug-likeness (QED) is 0.684. The van der Waals surface area contributed by atoms with Gasteiger partial charge in [0.1, 0.15) is 11.3 Å². The Bertz CT molecular complexity index is 594. The van der Waals surface area contributed by atoms with E-state index in [-0.39, 0.29) is 10.9 Å². The Hall–Kier alpha value is -1.86. The topological polar surface area (TPSA) is 104 Å². The fourth-order valence-corrected chi connectivity index (χ4v) is 2.77. The first-order chi connectivity index (χ1) is 8.77. The van der Waals surface area contributed by atoms with E-state index in [0.29, 0.717) is 6.42 Å². The number of hydrogen-bond donors (Lipinski definition) is 3. The largest absolute Gasteiger partial charge is 0.507 e. The van der Waals surface area contributed by atoms with Crippen molar-refractivity contribution in [2.24, 2.45) is 0 Å². The molecule has 0 aliphatic heterocycles. The minimum atomic E-state index is -3.83. The Kier molecular flexibility index (Phi) is 4.68. The van der Waals surface area contributed by atoms with Crippen LogP contribution in [-0.2, 0) is 10.0 Å². The van der Waals surface area contributed by atoms with Crippen molar-refractivity contribution in [2.75, 3.05) is 0 Å². The number of aromatic carboxylic acids is 1. The van der Waals surface area contributed by atoms with Crippen molar-refractivity contribution in [3.05, 3.63) is 36.4 Å². The fraction of sp³-hybridized carbons (Fsp3) is 0.250. The van der Waals surface area contributed by atoms with Crippen LogP contribution in [0.1, 0.15) is 23.7 Å². The van der Waals surface area contributed by atoms with Gasteiger partial charge in [-0.1, -0.05) is 6.08 Å². The van der Waals surface area contributed by atoms with Crippen LogP contribution in [0, 0.1) is 0 Å². The van der Waals surface area contributed by atoms with Crippen LogP contribution in [0.25, 0.3) is 0 Å². The second kappa shape index (κ2) is 5.85. The third-order valence-electron chi connectivity index (χ3n) is 2.39. The van der Waals surface area contributed by atoms with Gasteiger partial charge < -0.3 is 10.2 Å². The third-order valence-corrected chi connectivity index (χ3v) is 3.97. The number of carboxylic acid groups (broad SMARTS) is 1. The molecule has 0 aromatic heterocycles. The molecular formula is C12H15NO5S. The van der Waals surface area contributed by atoms with Gasteiger partial charge in [0, 0.05) is 6.04 Å². The van der Waals surface area contributed by atoms with Crippen molar-refractivity contribution in [1.29, 1.82) is 0 Å². The van der Waals surface area contributed by atoms with E-state index < -0.39 is 27.3 Å². The molecule has 19 heavy (non-hydrogen) atoms. The molecule has 0 spiro atoms. The van der Waals surface area contributed by atoms with Gasteiger partial charge in [0.05, 0.1) is 4.90 Å². The molecule has 0 aliphatic carbocycles. The first-order valence-corrected chi connectivity index (χ1v) is 6.95. The SMILES string of the molecule is C=CCC(C)NS(=O)(=O)c1ccc(O)c(C(=O)O)c1. The predicted octanol–water partition coefficient (Wildman–Crippen LogP) is 1.33. The minimum absolute atomic E-state index is 0.210. The van der Waals surface area contributed by atoms with E-state index >= 15 is 0 Å². The molecule has 0 fully saturated rings. The van der Waals surface area contributed by atoms with Gasteiger partial charge in [-0.2, -0.15) is 0 Å². The van der Waals surface area contributed by atoms with Crippen molar-refractivity contribution in [3.8, 4) is 5.75 Å². The summed E-state index contributed by atoms with van der Waals surface area (Å²) in [5.41, 5.74) is -0.459. The monoisotopic (exact) mass is 285 g/mol. The molecule has 7 heteroatoms. The summed E-state index contributed by atoms with van der Waals surface area (Å²) in [6.07, 6.45) is 2.02. The summed E-state index contributed by atoms with van der Waals surface area (Å²) in [6.45, 7) is 5.17. The molecule has 1 aromatic rings. The molecule has 1 rings (SSSR count). The molecule has 0 saturated heterocycles. The van der Waals surface area contributed by atoms with Gasteiger partial charge in [-0.05, 0) is 31.5 Å². The predicted molar refractivity (Wildman–Crippen MR) is 69.7 cm³/mol. The summed E-state index contributed by atoms with van der Waals surface area (Å²) in [5.74, 6) is -1.88. The van der Waals surface area contributed by atoms with Crippen LogP contribution >= 0.6 is 0 Å². The first kappa shape index (κ1) is 15.2. The van der Waals surface area contributed by atoms with Crippen LogP contribution in [0.5, 0.6) is 5.75 Å². The van der Waals surface area contributed by atoms with E-state index in [4.69, 9.17) is 5.11 Å². The zero-order valence-electron chi connectivity index (χ0n) is 10.3. The number of sulfonamides is 1. The molecule has 0 radical (unpaired) electrons. The van der Waals surface area contributed by atoms with Crippen molar-refractivity contribution < 1.29 is 23.4 Å². The molecule has 0 bridgehead atoms. The fourth-order valence-electron chi connectivity index (χ4n) is 1.48. The number of nitrogens with one attached hydrogen (secondary N) is 1. The van der Waals surface area contributed by atoms with Gasteiger partial charge in [0.25, 0.3) is 0 Å². The zero-order valence-corrected chi connectivity index (χ0v) is 11.1. The van der Waals surface area contributed by atoms with E-state index in [1.54, 1.807) is 13.0 Å². The van der Waals surface area contributed by atoms with Crippen LogP contribution in [0.3, 0.4) is 0 Å². The molecule has 1 aromatic carbocycles. The second-order valence-electron chi connectivity index (χ2n) is 4.03. The number of rotatable bonds is 6. The zero-order chi connectivity index (χ0) is 14.6. The van der Waals surface area contributed by atoms with E-state index in [2.05, 4.69) is 11.3 Å². The van der Waals surface area contributed by atoms with Crippen LogP contribution < -0.4 is 4.72 Å². The highest BCUT2D eigenvalue weighted by Crippen LogP contribution is 2.21.